The molecule has 0 radical (unpaired) electrons. The van der Waals surface area contributed by atoms with Crippen molar-refractivity contribution in [3.8, 4) is 0 Å². The standard InChI is InChI=1S/C25H30ClN5O3S.ClH/c1-13(2)31-6-5-18-20(11-31)35-24(29-18)23(34)30-21-7-14(12-32)10-25(21,27)22(33)19-9-15-8-16(26)3-4-17(15)28-19;/h3-4,8-9,13-14,21,28,32H,5-7,10-12,27H2,1-2H3,(H,30,34);1H. The second-order valence-corrected chi connectivity index (χ2v) is 11.5. The van der Waals surface area contributed by atoms with Crippen LogP contribution in [0.3, 0.4) is 0 Å². The maximum absolute atomic E-state index is 13.6. The third kappa shape index (κ3) is 4.92. The van der Waals surface area contributed by atoms with Gasteiger partial charge in [-0.25, -0.2) is 4.98 Å². The molecule has 1 aromatic carbocycles. The number of ketones is 1. The Morgan fingerprint density at radius 2 is 2.17 bits per heavy atom. The van der Waals surface area contributed by atoms with Crippen LogP contribution in [0.4, 0.5) is 0 Å². The van der Waals surface area contributed by atoms with E-state index in [1.807, 2.05) is 6.07 Å². The van der Waals surface area contributed by atoms with Gasteiger partial charge >= 0.3 is 0 Å². The number of carbonyl (C=O) groups is 2. The molecule has 3 aromatic rings. The molecule has 1 aliphatic carbocycles. The quantitative estimate of drug-likeness (QED) is 0.347. The van der Waals surface area contributed by atoms with Gasteiger partial charge in [-0.3, -0.25) is 14.5 Å². The highest BCUT2D eigenvalue weighted by Gasteiger charge is 2.51. The molecule has 2 aromatic heterocycles. The van der Waals surface area contributed by atoms with Crippen LogP contribution in [0.2, 0.25) is 5.02 Å². The first-order chi connectivity index (χ1) is 16.7. The topological polar surface area (TPSA) is 124 Å². The van der Waals surface area contributed by atoms with Crippen LogP contribution in [-0.2, 0) is 13.0 Å². The van der Waals surface area contributed by atoms with Gasteiger partial charge in [-0.05, 0) is 56.9 Å². The SMILES string of the molecule is CC(C)N1CCc2nc(C(=O)NC3CC(CO)CC3(N)C(=O)c3cc4cc(Cl)ccc4[nH]3)sc2C1.Cl. The van der Waals surface area contributed by atoms with Crippen molar-refractivity contribution in [3.05, 3.63) is 50.6 Å². The Hall–Kier alpha value is -2.01. The number of hydrogen-bond donors (Lipinski definition) is 4. The Kier molecular flexibility index (Phi) is 7.81. The first-order valence-electron chi connectivity index (χ1n) is 11.9. The number of aromatic nitrogens is 2. The predicted octanol–water partition coefficient (Wildman–Crippen LogP) is 3.55. The van der Waals surface area contributed by atoms with Gasteiger partial charge in [0.2, 0.25) is 5.78 Å². The predicted molar refractivity (Wildman–Crippen MR) is 144 cm³/mol. The second-order valence-electron chi connectivity index (χ2n) is 10.0. The van der Waals surface area contributed by atoms with Crippen LogP contribution in [0.5, 0.6) is 0 Å². The summed E-state index contributed by atoms with van der Waals surface area (Å²) in [6, 6.07) is 6.89. The molecule has 0 saturated heterocycles. The number of nitrogens with two attached hydrogens (primary N) is 1. The summed E-state index contributed by atoms with van der Waals surface area (Å²) in [6.07, 6.45) is 1.51. The Morgan fingerprint density at radius 1 is 1.39 bits per heavy atom. The molecule has 3 atom stereocenters. The van der Waals surface area contributed by atoms with Crippen molar-refractivity contribution in [2.45, 2.75) is 57.3 Å². The molecule has 3 heterocycles. The van der Waals surface area contributed by atoms with Crippen molar-refractivity contribution in [3.63, 3.8) is 0 Å². The highest BCUT2D eigenvalue weighted by molar-refractivity contribution is 7.13. The Balaban J connectivity index is 0.00000304. The van der Waals surface area contributed by atoms with Crippen molar-refractivity contribution in [1.82, 2.24) is 20.2 Å². The van der Waals surface area contributed by atoms with E-state index in [1.54, 1.807) is 18.2 Å². The number of aromatic amines is 1. The number of halogens is 2. The number of nitrogens with one attached hydrogen (secondary N) is 2. The number of H-pyrrole nitrogens is 1. The Labute approximate surface area is 225 Å². The van der Waals surface area contributed by atoms with E-state index in [9.17, 15) is 14.7 Å². The molecule has 5 rings (SSSR count). The number of fused-ring (bicyclic) bond motifs is 2. The van der Waals surface area contributed by atoms with Gasteiger partial charge in [-0.1, -0.05) is 11.6 Å². The Morgan fingerprint density at radius 3 is 2.89 bits per heavy atom. The monoisotopic (exact) mass is 551 g/mol. The minimum Gasteiger partial charge on any atom is -0.396 e. The number of nitrogens with zero attached hydrogens (tertiary/aromatic N) is 2. The fourth-order valence-corrected chi connectivity index (χ4v) is 6.49. The van der Waals surface area contributed by atoms with E-state index in [-0.39, 0.29) is 43.0 Å². The zero-order valence-electron chi connectivity index (χ0n) is 20.2. The molecular formula is C25H31Cl2N5O3S. The number of Topliss-reactive ketones (excluding diaryl/α,β-unsaturated/α-hetero) is 1. The van der Waals surface area contributed by atoms with Gasteiger partial charge in [-0.2, -0.15) is 0 Å². The van der Waals surface area contributed by atoms with Crippen LogP contribution in [0, 0.1) is 5.92 Å². The van der Waals surface area contributed by atoms with Gasteiger partial charge in [0.1, 0.15) is 5.54 Å². The van der Waals surface area contributed by atoms with E-state index in [0.29, 0.717) is 28.2 Å². The van der Waals surface area contributed by atoms with Gasteiger partial charge in [-0.15, -0.1) is 23.7 Å². The third-order valence-electron chi connectivity index (χ3n) is 7.32. The number of hydrogen-bond acceptors (Lipinski definition) is 7. The summed E-state index contributed by atoms with van der Waals surface area (Å²) in [5.74, 6) is -0.801. The molecule has 3 unspecified atom stereocenters. The van der Waals surface area contributed by atoms with Gasteiger partial charge in [0.25, 0.3) is 5.91 Å². The largest absolute Gasteiger partial charge is 0.396 e. The maximum Gasteiger partial charge on any atom is 0.280 e. The summed E-state index contributed by atoms with van der Waals surface area (Å²) >= 11 is 7.50. The third-order valence-corrected chi connectivity index (χ3v) is 8.63. The van der Waals surface area contributed by atoms with E-state index >= 15 is 0 Å². The molecule has 0 bridgehead atoms. The lowest BCUT2D eigenvalue weighted by Gasteiger charge is -2.30. The van der Waals surface area contributed by atoms with Crippen LogP contribution in [-0.4, -0.2) is 62.4 Å². The molecule has 1 fully saturated rings. The molecule has 5 N–H and O–H groups in total. The van der Waals surface area contributed by atoms with Gasteiger partial charge in [0.15, 0.2) is 5.01 Å². The van der Waals surface area contributed by atoms with E-state index in [1.165, 1.54) is 11.3 Å². The normalized spacial score (nSPS) is 24.1. The lowest BCUT2D eigenvalue weighted by molar-refractivity contribution is 0.0829. The summed E-state index contributed by atoms with van der Waals surface area (Å²) in [5.41, 5.74) is 7.50. The van der Waals surface area contributed by atoms with Crippen molar-refractivity contribution in [2.24, 2.45) is 11.7 Å². The molecule has 1 saturated carbocycles. The Bertz CT molecular complexity index is 1290. The molecule has 1 amide bonds. The highest BCUT2D eigenvalue weighted by atomic mass is 35.5. The van der Waals surface area contributed by atoms with E-state index in [2.05, 4.69) is 34.0 Å². The fraction of sp³-hybridized carbons (Fsp3) is 0.480. The highest BCUT2D eigenvalue weighted by Crippen LogP contribution is 2.36. The minimum absolute atomic E-state index is 0. The van der Waals surface area contributed by atoms with Crippen molar-refractivity contribution < 1.29 is 14.7 Å². The molecule has 1 aliphatic heterocycles. The summed E-state index contributed by atoms with van der Waals surface area (Å²) < 4.78 is 0. The van der Waals surface area contributed by atoms with Gasteiger partial charge < -0.3 is 21.1 Å². The van der Waals surface area contributed by atoms with Crippen LogP contribution < -0.4 is 11.1 Å². The maximum atomic E-state index is 13.6. The number of thiazole rings is 1. The summed E-state index contributed by atoms with van der Waals surface area (Å²) in [5, 5.41) is 14.6. The number of aliphatic hydroxyl groups is 1. The lowest BCUT2D eigenvalue weighted by atomic mass is 9.87. The lowest BCUT2D eigenvalue weighted by Crippen LogP contribution is -2.60. The number of aliphatic hydroxyl groups excluding tert-OH is 1. The van der Waals surface area contributed by atoms with E-state index in [0.717, 1.165) is 41.0 Å². The number of rotatable bonds is 6. The summed E-state index contributed by atoms with van der Waals surface area (Å²) in [6.45, 7) is 5.94. The van der Waals surface area contributed by atoms with Crippen molar-refractivity contribution in [2.75, 3.05) is 13.2 Å². The van der Waals surface area contributed by atoms with Crippen LogP contribution >= 0.6 is 35.3 Å². The number of benzene rings is 1. The second kappa shape index (κ2) is 10.4. The molecule has 11 heteroatoms. The molecular weight excluding hydrogens is 521 g/mol. The average molecular weight is 553 g/mol. The van der Waals surface area contributed by atoms with Gasteiger partial charge in [0.05, 0.1) is 17.4 Å². The van der Waals surface area contributed by atoms with E-state index < -0.39 is 11.6 Å². The first-order valence-corrected chi connectivity index (χ1v) is 13.1. The molecule has 8 nitrogen and oxygen atoms in total. The van der Waals surface area contributed by atoms with Crippen LogP contribution in [0.1, 0.15) is 57.6 Å². The minimum atomic E-state index is -1.35. The molecule has 0 spiro atoms. The van der Waals surface area contributed by atoms with Crippen molar-refractivity contribution in [1.29, 1.82) is 0 Å². The zero-order chi connectivity index (χ0) is 24.9. The average Bonchev–Trinajstić information content (AvgIpc) is 3.53. The zero-order valence-corrected chi connectivity index (χ0v) is 22.6. The fourth-order valence-electron chi connectivity index (χ4n) is 5.27. The summed E-state index contributed by atoms with van der Waals surface area (Å²) in [7, 11) is 0. The molecule has 36 heavy (non-hydrogen) atoms. The van der Waals surface area contributed by atoms with Gasteiger partial charge in [0, 0.05) is 53.0 Å². The molecule has 2 aliphatic rings. The van der Waals surface area contributed by atoms with E-state index in [4.69, 9.17) is 17.3 Å². The van der Waals surface area contributed by atoms with Crippen LogP contribution in [0.15, 0.2) is 24.3 Å². The first kappa shape index (κ1) is 27.0. The molecule has 194 valence electrons. The smallest absolute Gasteiger partial charge is 0.280 e. The number of carbonyl (C=O) groups excluding carboxylic acids is 2. The van der Waals surface area contributed by atoms with Crippen LogP contribution in [0.25, 0.3) is 10.9 Å². The number of amides is 1. The van der Waals surface area contributed by atoms with Crippen molar-refractivity contribution >= 4 is 57.9 Å². The summed E-state index contributed by atoms with van der Waals surface area (Å²) in [4.78, 5) is 38.1.